The number of rotatable bonds is 5. The molecule has 0 aromatic carbocycles. The van der Waals surface area contributed by atoms with E-state index in [4.69, 9.17) is 0 Å². The lowest BCUT2D eigenvalue weighted by Crippen LogP contribution is -2.49. The molecule has 0 amide bonds. The van der Waals surface area contributed by atoms with Crippen LogP contribution in [0.4, 0.5) is 5.13 Å². The fourth-order valence-electron chi connectivity index (χ4n) is 3.52. The molecule has 1 aromatic rings. The number of hydrogen-bond donors (Lipinski definition) is 0. The van der Waals surface area contributed by atoms with Crippen LogP contribution in [0.25, 0.3) is 0 Å². The predicted octanol–water partition coefficient (Wildman–Crippen LogP) is 2.27. The zero-order chi connectivity index (χ0) is 16.4. The molecule has 23 heavy (non-hydrogen) atoms. The van der Waals surface area contributed by atoms with Crippen LogP contribution in [0.15, 0.2) is 0 Å². The van der Waals surface area contributed by atoms with E-state index in [1.807, 2.05) is 4.31 Å². The van der Waals surface area contributed by atoms with E-state index in [0.29, 0.717) is 0 Å². The zero-order valence-electron chi connectivity index (χ0n) is 13.9. The highest BCUT2D eigenvalue weighted by Gasteiger charge is 2.37. The largest absolute Gasteiger partial charge is 0.347 e. The summed E-state index contributed by atoms with van der Waals surface area (Å²) in [6.07, 6.45) is 8.24. The summed E-state index contributed by atoms with van der Waals surface area (Å²) in [6.45, 7) is 3.87. The van der Waals surface area contributed by atoms with E-state index in [9.17, 15) is 8.42 Å². The van der Waals surface area contributed by atoms with Gasteiger partial charge in [-0.25, -0.2) is 13.4 Å². The fraction of sp³-hybridized carbons (Fsp3) is 0.867. The molecule has 1 saturated carbocycles. The van der Waals surface area contributed by atoms with Crippen LogP contribution in [-0.4, -0.2) is 53.5 Å². The normalized spacial score (nSPS) is 23.8. The maximum atomic E-state index is 12.3. The molecule has 0 N–H and O–H groups in total. The molecule has 1 aromatic heterocycles. The van der Waals surface area contributed by atoms with Crippen molar-refractivity contribution in [2.75, 3.05) is 24.2 Å². The van der Waals surface area contributed by atoms with Gasteiger partial charge in [0.25, 0.3) is 0 Å². The summed E-state index contributed by atoms with van der Waals surface area (Å²) in [5.74, 6) is 0.901. The minimum atomic E-state index is -3.13. The summed E-state index contributed by atoms with van der Waals surface area (Å²) < 4.78 is 30.7. The van der Waals surface area contributed by atoms with Crippen LogP contribution in [0.1, 0.15) is 51.3 Å². The van der Waals surface area contributed by atoms with Gasteiger partial charge in [0.1, 0.15) is 5.82 Å². The van der Waals surface area contributed by atoms with E-state index in [1.54, 1.807) is 0 Å². The standard InChI is InChI=1S/C15H26N4O2S2/c1-3-14-16-15(22-17-14)18-10-5-8-13(9-11-18)19(23(2,20)21)12-6-4-7-12/h12-13H,3-11H2,1-2H3/t13-/m0/s1. The Morgan fingerprint density at radius 2 is 1.87 bits per heavy atom. The summed E-state index contributed by atoms with van der Waals surface area (Å²) in [5, 5.41) is 0.983. The Bertz CT molecular complexity index is 627. The first-order chi connectivity index (χ1) is 11.0. The number of aromatic nitrogens is 2. The predicted molar refractivity (Wildman–Crippen MR) is 93.5 cm³/mol. The molecule has 2 aliphatic rings. The van der Waals surface area contributed by atoms with E-state index in [2.05, 4.69) is 21.2 Å². The summed E-state index contributed by atoms with van der Waals surface area (Å²) in [5.41, 5.74) is 0. The van der Waals surface area contributed by atoms with E-state index >= 15 is 0 Å². The number of hydrogen-bond acceptors (Lipinski definition) is 6. The van der Waals surface area contributed by atoms with Gasteiger partial charge in [-0.2, -0.15) is 8.68 Å². The number of anilines is 1. The summed E-state index contributed by atoms with van der Waals surface area (Å²) in [6, 6.07) is 0.369. The molecule has 8 heteroatoms. The molecule has 1 aliphatic carbocycles. The molecule has 2 fully saturated rings. The molecule has 0 bridgehead atoms. The van der Waals surface area contributed by atoms with Gasteiger partial charge in [0.2, 0.25) is 15.2 Å². The van der Waals surface area contributed by atoms with Crippen LogP contribution in [0.2, 0.25) is 0 Å². The topological polar surface area (TPSA) is 66.4 Å². The van der Waals surface area contributed by atoms with Gasteiger partial charge in [-0.15, -0.1) is 0 Å². The lowest BCUT2D eigenvalue weighted by Gasteiger charge is -2.40. The molecule has 1 aliphatic heterocycles. The van der Waals surface area contributed by atoms with Gasteiger partial charge in [-0.1, -0.05) is 13.3 Å². The molecule has 0 unspecified atom stereocenters. The lowest BCUT2D eigenvalue weighted by atomic mass is 9.91. The van der Waals surface area contributed by atoms with Crippen LogP contribution in [0.5, 0.6) is 0 Å². The summed E-state index contributed by atoms with van der Waals surface area (Å²) in [7, 11) is -3.13. The highest BCUT2D eigenvalue weighted by atomic mass is 32.2. The van der Waals surface area contributed by atoms with E-state index in [1.165, 1.54) is 17.8 Å². The maximum absolute atomic E-state index is 12.3. The van der Waals surface area contributed by atoms with Gasteiger partial charge in [0, 0.05) is 43.1 Å². The van der Waals surface area contributed by atoms with Crippen molar-refractivity contribution in [1.82, 2.24) is 13.7 Å². The van der Waals surface area contributed by atoms with Crippen molar-refractivity contribution in [2.24, 2.45) is 0 Å². The molecule has 130 valence electrons. The molecule has 1 atom stereocenters. The minimum absolute atomic E-state index is 0.138. The molecule has 0 spiro atoms. The Balaban J connectivity index is 1.69. The van der Waals surface area contributed by atoms with Crippen molar-refractivity contribution in [3.05, 3.63) is 5.82 Å². The Labute approximate surface area is 143 Å². The molecular weight excluding hydrogens is 332 g/mol. The van der Waals surface area contributed by atoms with E-state index < -0.39 is 10.0 Å². The smallest absolute Gasteiger partial charge is 0.211 e. The second kappa shape index (κ2) is 7.03. The van der Waals surface area contributed by atoms with Gasteiger partial charge in [-0.3, -0.25) is 0 Å². The Hall–Kier alpha value is -0.730. The average molecular weight is 359 g/mol. The molecule has 1 saturated heterocycles. The van der Waals surface area contributed by atoms with Crippen LogP contribution < -0.4 is 4.90 Å². The number of sulfonamides is 1. The van der Waals surface area contributed by atoms with Crippen molar-refractivity contribution < 1.29 is 8.42 Å². The number of nitrogens with zero attached hydrogens (tertiary/aromatic N) is 4. The van der Waals surface area contributed by atoms with Gasteiger partial charge < -0.3 is 4.90 Å². The Kier molecular flexibility index (Phi) is 5.22. The van der Waals surface area contributed by atoms with Crippen LogP contribution >= 0.6 is 11.5 Å². The van der Waals surface area contributed by atoms with Crippen LogP contribution in [-0.2, 0) is 16.4 Å². The Morgan fingerprint density at radius 1 is 1.17 bits per heavy atom. The van der Waals surface area contributed by atoms with Crippen molar-refractivity contribution >= 4 is 26.7 Å². The number of aryl methyl sites for hydroxylation is 1. The molecular formula is C15H26N4O2S2. The average Bonchev–Trinajstić information content (AvgIpc) is 2.80. The SMILES string of the molecule is CCc1nsc(N2CCC[C@H](N(C3CCC3)S(C)(=O)=O)CC2)n1. The monoisotopic (exact) mass is 358 g/mol. The van der Waals surface area contributed by atoms with Crippen molar-refractivity contribution in [3.8, 4) is 0 Å². The second-order valence-corrected chi connectivity index (χ2v) is 9.21. The first-order valence-electron chi connectivity index (χ1n) is 8.55. The van der Waals surface area contributed by atoms with Crippen LogP contribution in [0.3, 0.4) is 0 Å². The van der Waals surface area contributed by atoms with E-state index in [0.717, 1.165) is 69.0 Å². The molecule has 0 radical (unpaired) electrons. The molecule has 2 heterocycles. The second-order valence-electron chi connectivity index (χ2n) is 6.60. The molecule has 6 nitrogen and oxygen atoms in total. The van der Waals surface area contributed by atoms with E-state index in [-0.39, 0.29) is 12.1 Å². The van der Waals surface area contributed by atoms with Crippen molar-refractivity contribution in [2.45, 2.75) is 64.0 Å². The minimum Gasteiger partial charge on any atom is -0.347 e. The summed E-state index contributed by atoms with van der Waals surface area (Å²) in [4.78, 5) is 6.85. The third-order valence-electron chi connectivity index (χ3n) is 4.92. The summed E-state index contributed by atoms with van der Waals surface area (Å²) >= 11 is 1.46. The fourth-order valence-corrected chi connectivity index (χ4v) is 5.83. The Morgan fingerprint density at radius 3 is 2.43 bits per heavy atom. The third-order valence-corrected chi connectivity index (χ3v) is 7.10. The quantitative estimate of drug-likeness (QED) is 0.808. The van der Waals surface area contributed by atoms with Crippen molar-refractivity contribution in [1.29, 1.82) is 0 Å². The van der Waals surface area contributed by atoms with Gasteiger partial charge in [0.15, 0.2) is 0 Å². The molecule has 3 rings (SSSR count). The highest BCUT2D eigenvalue weighted by Crippen LogP contribution is 2.32. The third kappa shape index (κ3) is 3.85. The maximum Gasteiger partial charge on any atom is 0.211 e. The van der Waals surface area contributed by atoms with Crippen molar-refractivity contribution in [3.63, 3.8) is 0 Å². The zero-order valence-corrected chi connectivity index (χ0v) is 15.6. The van der Waals surface area contributed by atoms with Crippen LogP contribution in [0, 0.1) is 0 Å². The first-order valence-corrected chi connectivity index (χ1v) is 11.2. The lowest BCUT2D eigenvalue weighted by molar-refractivity contribution is 0.164. The van der Waals surface area contributed by atoms with Gasteiger partial charge in [-0.05, 0) is 32.1 Å². The first kappa shape index (κ1) is 17.1. The van der Waals surface area contributed by atoms with Gasteiger partial charge in [0.05, 0.1) is 6.26 Å². The van der Waals surface area contributed by atoms with Gasteiger partial charge >= 0.3 is 0 Å². The highest BCUT2D eigenvalue weighted by molar-refractivity contribution is 7.88.